The second-order valence-corrected chi connectivity index (χ2v) is 18.6. The highest BCUT2D eigenvalue weighted by molar-refractivity contribution is 7.92. The maximum Gasteiger partial charge on any atom is 0.286 e. The lowest BCUT2D eigenvalue weighted by Gasteiger charge is -2.46. The van der Waals surface area contributed by atoms with Crippen LogP contribution in [-0.4, -0.2) is 71.1 Å². The number of carbonyl (C=O) groups excluding carboxylic acids is 2. The molecule has 54 heavy (non-hydrogen) atoms. The molecule has 6 atom stereocenters. The van der Waals surface area contributed by atoms with Crippen LogP contribution in [0.3, 0.4) is 0 Å². The summed E-state index contributed by atoms with van der Waals surface area (Å²) >= 11 is 6.47. The average molecular weight is 776 g/mol. The molecular weight excluding hydrogens is 726 g/mol. The number of ether oxygens (including phenoxy) is 3. The first-order valence-electron chi connectivity index (χ1n) is 19.3. The lowest BCUT2D eigenvalue weighted by atomic mass is 9.68. The fourth-order valence-corrected chi connectivity index (χ4v) is 10.9. The number of allylic oxidation sites excluding steroid dienone is 1. The Kier molecular flexibility index (Phi) is 10.3. The van der Waals surface area contributed by atoms with Crippen LogP contribution in [-0.2, 0) is 33.5 Å². The van der Waals surface area contributed by atoms with Crippen LogP contribution in [0.15, 0.2) is 59.1 Å². The van der Waals surface area contributed by atoms with Crippen molar-refractivity contribution in [1.82, 2.24) is 14.5 Å². The zero-order valence-corrected chi connectivity index (χ0v) is 32.9. The Hall–Kier alpha value is -3.87. The van der Waals surface area contributed by atoms with E-state index in [1.165, 1.54) is 22.0 Å². The number of amides is 2. The van der Waals surface area contributed by atoms with E-state index < -0.39 is 21.7 Å². The largest absolute Gasteiger partial charge is 0.490 e. The van der Waals surface area contributed by atoms with Gasteiger partial charge in [-0.15, -0.1) is 9.46 Å². The minimum atomic E-state index is -3.60. The molecule has 3 heterocycles. The lowest BCUT2D eigenvalue weighted by molar-refractivity contribution is 0.0131. The minimum Gasteiger partial charge on any atom is -0.490 e. The Labute approximate surface area is 323 Å². The van der Waals surface area contributed by atoms with Crippen LogP contribution in [0.2, 0.25) is 5.02 Å². The standard InChI is InChI=1S/C41H50ClN5O6S/c1-26-6-4-8-36(51-3)32-14-11-30(32)20-47-24-41(17-5-7-28-18-31(42)13-15-34(28)41)25-53-37-16-12-29(19-35(37)47)38(48)44-54(50,23-26)45-39(49)33-21-46(2)43-40(33)52-22-27-9-10-27/h4,8,12-13,15-16,18-19,21,26-27,30,32,36H,5-7,9-11,14,17,20,22-25H2,1-3H3,(H,44,45,48,49,50)/b8-4+/t26-,30-,32+,36-,41-,54?/m0/s1. The van der Waals surface area contributed by atoms with Crippen molar-refractivity contribution in [3.63, 3.8) is 0 Å². The minimum absolute atomic E-state index is 0.0246. The monoisotopic (exact) mass is 775 g/mol. The summed E-state index contributed by atoms with van der Waals surface area (Å²) in [5.41, 5.74) is 3.51. The molecule has 2 aromatic carbocycles. The number of carbonyl (C=O) groups is 2. The third-order valence-corrected chi connectivity index (χ3v) is 14.2. The molecule has 11 nitrogen and oxygen atoms in total. The molecule has 2 bridgehead atoms. The molecule has 13 heteroatoms. The Morgan fingerprint density at radius 3 is 2.80 bits per heavy atom. The Morgan fingerprint density at radius 1 is 1.17 bits per heavy atom. The zero-order valence-electron chi connectivity index (χ0n) is 31.3. The SMILES string of the molecule is CO[C@H]1/C=C/C[C@H](C)CS(=O)(NC(=O)c2cn(C)nc2OCC2CC2)=NC(=O)c2ccc3c(c2)N(C[C@@H]2CC[C@H]21)C[C@@]1(CCCc2cc(Cl)ccc21)CO3. The third kappa shape index (κ3) is 7.66. The molecule has 5 aliphatic rings. The molecule has 2 saturated carbocycles. The van der Waals surface area contributed by atoms with Crippen LogP contribution < -0.4 is 19.1 Å². The maximum absolute atomic E-state index is 14.8. The van der Waals surface area contributed by atoms with Crippen molar-refractivity contribution in [2.24, 2.45) is 35.1 Å². The normalized spacial score (nSPS) is 30.1. The number of rotatable bonds is 6. The number of nitrogens with one attached hydrogen (secondary N) is 1. The number of benzene rings is 2. The topological polar surface area (TPSA) is 124 Å². The quantitative estimate of drug-likeness (QED) is 0.268. The molecule has 8 rings (SSSR count). The summed E-state index contributed by atoms with van der Waals surface area (Å²) in [5, 5.41) is 5.07. The molecule has 0 saturated heterocycles. The average Bonchev–Trinajstić information content (AvgIpc) is 3.90. The van der Waals surface area contributed by atoms with E-state index in [1.807, 2.05) is 25.1 Å². The number of methoxy groups -OCH3 is 1. The molecule has 3 aliphatic carbocycles. The van der Waals surface area contributed by atoms with Crippen LogP contribution in [0.25, 0.3) is 0 Å². The molecule has 2 aliphatic heterocycles. The van der Waals surface area contributed by atoms with Crippen molar-refractivity contribution in [2.75, 3.05) is 44.1 Å². The van der Waals surface area contributed by atoms with Crippen LogP contribution in [0.4, 0.5) is 5.69 Å². The predicted octanol–water partition coefficient (Wildman–Crippen LogP) is 6.93. The van der Waals surface area contributed by atoms with Crippen molar-refractivity contribution in [1.29, 1.82) is 0 Å². The van der Waals surface area contributed by atoms with E-state index >= 15 is 0 Å². The number of anilines is 1. The Morgan fingerprint density at radius 2 is 2.02 bits per heavy atom. The zero-order chi connectivity index (χ0) is 37.6. The Balaban J connectivity index is 1.17. The van der Waals surface area contributed by atoms with Gasteiger partial charge in [0.1, 0.15) is 21.2 Å². The first kappa shape index (κ1) is 37.1. The number of aromatic nitrogens is 2. The van der Waals surface area contributed by atoms with Crippen molar-refractivity contribution < 1.29 is 28.0 Å². The van der Waals surface area contributed by atoms with Gasteiger partial charge in [0.05, 0.1) is 30.8 Å². The molecule has 288 valence electrons. The van der Waals surface area contributed by atoms with Gasteiger partial charge in [0.2, 0.25) is 5.88 Å². The van der Waals surface area contributed by atoms with E-state index in [9.17, 15) is 13.8 Å². The third-order valence-electron chi connectivity index (χ3n) is 12.0. The molecule has 2 amide bonds. The number of nitrogens with zero attached hydrogens (tertiary/aromatic N) is 4. The van der Waals surface area contributed by atoms with E-state index in [0.29, 0.717) is 49.7 Å². The van der Waals surface area contributed by atoms with E-state index in [2.05, 4.69) is 43.4 Å². The fraction of sp³-hybridized carbons (Fsp3) is 0.537. The second kappa shape index (κ2) is 15.0. The summed E-state index contributed by atoms with van der Waals surface area (Å²) in [6.45, 7) is 4.39. The summed E-state index contributed by atoms with van der Waals surface area (Å²) < 4.78 is 41.9. The van der Waals surface area contributed by atoms with Gasteiger partial charge >= 0.3 is 0 Å². The second-order valence-electron chi connectivity index (χ2n) is 16.2. The van der Waals surface area contributed by atoms with E-state index in [-0.39, 0.29) is 40.2 Å². The van der Waals surface area contributed by atoms with Gasteiger partial charge in [-0.1, -0.05) is 36.7 Å². The highest BCUT2D eigenvalue weighted by atomic mass is 35.5. The molecule has 0 radical (unpaired) electrons. The van der Waals surface area contributed by atoms with Gasteiger partial charge in [0.25, 0.3) is 11.8 Å². The highest BCUT2D eigenvalue weighted by Gasteiger charge is 2.44. The Bertz CT molecular complexity index is 2090. The van der Waals surface area contributed by atoms with E-state index in [4.69, 9.17) is 25.8 Å². The van der Waals surface area contributed by atoms with Crippen molar-refractivity contribution in [2.45, 2.75) is 69.8 Å². The number of hydrogen-bond acceptors (Lipinski definition) is 8. The van der Waals surface area contributed by atoms with Gasteiger partial charge in [-0.05, 0) is 116 Å². The summed E-state index contributed by atoms with van der Waals surface area (Å²) in [5.74, 6) is 0.522. The van der Waals surface area contributed by atoms with E-state index in [0.717, 1.165) is 62.2 Å². The molecule has 1 unspecified atom stereocenters. The van der Waals surface area contributed by atoms with Gasteiger partial charge < -0.3 is 19.1 Å². The lowest BCUT2D eigenvalue weighted by Crippen LogP contribution is -2.49. The van der Waals surface area contributed by atoms with Crippen molar-refractivity contribution >= 4 is 39.0 Å². The maximum atomic E-state index is 14.8. The smallest absolute Gasteiger partial charge is 0.286 e. The van der Waals surface area contributed by atoms with Gasteiger partial charge in [0, 0.05) is 49.4 Å². The number of hydrogen-bond donors (Lipinski definition) is 1. The number of aryl methyl sites for hydroxylation is 2. The molecular formula is C41H50ClN5O6S. The van der Waals surface area contributed by atoms with Crippen LogP contribution in [0.1, 0.15) is 83.7 Å². The first-order valence-corrected chi connectivity index (χ1v) is 21.4. The molecule has 1 N–H and O–H groups in total. The van der Waals surface area contributed by atoms with Gasteiger partial charge in [-0.3, -0.25) is 19.0 Å². The summed E-state index contributed by atoms with van der Waals surface area (Å²) in [4.78, 5) is 30.3. The van der Waals surface area contributed by atoms with Crippen molar-refractivity contribution in [3.8, 4) is 11.6 Å². The van der Waals surface area contributed by atoms with Crippen molar-refractivity contribution in [3.05, 3.63) is 82.0 Å². The predicted molar refractivity (Wildman–Crippen MR) is 209 cm³/mol. The number of halogens is 1. The molecule has 3 aromatic rings. The summed E-state index contributed by atoms with van der Waals surface area (Å²) in [6, 6.07) is 11.6. The molecule has 1 spiro atoms. The van der Waals surface area contributed by atoms with Gasteiger partial charge in [0.15, 0.2) is 0 Å². The summed E-state index contributed by atoms with van der Waals surface area (Å²) in [7, 11) is -0.141. The highest BCUT2D eigenvalue weighted by Crippen LogP contribution is 2.47. The van der Waals surface area contributed by atoms with E-state index in [1.54, 1.807) is 20.2 Å². The van der Waals surface area contributed by atoms with Gasteiger partial charge in [-0.25, -0.2) is 4.21 Å². The van der Waals surface area contributed by atoms with Crippen LogP contribution in [0, 0.1) is 23.7 Å². The fourth-order valence-electron chi connectivity index (χ4n) is 8.78. The first-order chi connectivity index (χ1) is 26.0. The van der Waals surface area contributed by atoms with Crippen LogP contribution in [0.5, 0.6) is 11.6 Å². The van der Waals surface area contributed by atoms with Crippen LogP contribution >= 0.6 is 11.6 Å². The summed E-state index contributed by atoms with van der Waals surface area (Å²) in [6.07, 6.45) is 13.5. The van der Waals surface area contributed by atoms with Gasteiger partial charge in [-0.2, -0.15) is 0 Å². The molecule has 2 fully saturated rings. The number of fused-ring (bicyclic) bond motifs is 4. The molecule has 1 aromatic heterocycles.